The standard InChI is InChI=1S/C42H76N8O3.C35H71N7O.C23H42N2O5.H2S/c1-43-23-10-28-48(29-11-24-44-2)32-14-34-50(35-15-33-49(30-12-25-45-3)31-13-26-46-4)36-37-52-41-21-19-39(20-22-41)16-8-9-27-47-42(51)53-38-40-17-6-5-7-18-40;1-6-7-8-15-34-16-18-35(19-17-34)43-33-32-42(30-13-28-40(24-9-20-36-2)25-10-21-37-3)31-14-29-41(26-11-22-38-4)27-12-23-39-5;1-16(24-19(27)29-22(5,6)7)14-12-11-13-15-17(18(26)21(2,3)4)25-20(28)30-23(8,9)10;/h5-7,17-22,43-46H,8-16,23-38H2,1-4H3,(H,47,51);16-19,36-39H,6-15,20-33H2,1-5H3;17H,1,11-15H2,2-10H3,(H,24,27)(H,25,28);1H2/t;;17-;/m..0./s1. The van der Waals surface area contributed by atoms with Crippen LogP contribution < -0.4 is 68.0 Å². The van der Waals surface area contributed by atoms with Crippen molar-refractivity contribution in [1.29, 1.82) is 0 Å². The fourth-order valence-electron chi connectivity index (χ4n) is 14.6. The number of benzene rings is 3. The van der Waals surface area contributed by atoms with E-state index in [1.807, 2.05) is 79.3 Å². The Hall–Kier alpha value is -5.73. The third kappa shape index (κ3) is 72.6. The molecule has 0 aliphatic rings. The molecule has 736 valence electrons. The van der Waals surface area contributed by atoms with E-state index in [4.69, 9.17) is 23.7 Å². The van der Waals surface area contributed by atoms with Crippen molar-refractivity contribution in [3.63, 3.8) is 0 Å². The number of nitrogens with zero attached hydrogens (tertiary/aromatic N) is 6. The first-order chi connectivity index (χ1) is 60.6. The van der Waals surface area contributed by atoms with Crippen molar-refractivity contribution < 1.29 is 42.9 Å². The van der Waals surface area contributed by atoms with Gasteiger partial charge in [0.05, 0.1) is 6.04 Å². The van der Waals surface area contributed by atoms with Crippen LogP contribution >= 0.6 is 13.5 Å². The van der Waals surface area contributed by atoms with Crippen LogP contribution in [0.4, 0.5) is 14.4 Å². The number of aryl methyl sites for hydroxylation is 2. The molecule has 0 heterocycles. The van der Waals surface area contributed by atoms with E-state index in [9.17, 15) is 19.2 Å². The second kappa shape index (κ2) is 80.0. The zero-order chi connectivity index (χ0) is 93.0. The average molecular weight is 1810 g/mol. The molecular weight excluding hydrogens is 1620 g/mol. The molecule has 3 aromatic carbocycles. The summed E-state index contributed by atoms with van der Waals surface area (Å²) in [5, 5.41) is 34.7. The lowest BCUT2D eigenvalue weighted by molar-refractivity contribution is -0.128. The summed E-state index contributed by atoms with van der Waals surface area (Å²) >= 11 is 0. The molecule has 0 aliphatic heterocycles. The van der Waals surface area contributed by atoms with E-state index >= 15 is 0 Å². The molecule has 0 spiro atoms. The van der Waals surface area contributed by atoms with Gasteiger partial charge in [-0.15, -0.1) is 0 Å². The number of alkyl carbamates (subject to hydrolysis) is 3. The Labute approximate surface area is 782 Å². The zero-order valence-electron chi connectivity index (χ0n) is 83.8. The number of Topliss-reactive ketones (excluding diaryl/α,β-unsaturated/α-hetero) is 1. The quantitative estimate of drug-likeness (QED) is 0.0185. The molecule has 27 heteroatoms. The van der Waals surface area contributed by atoms with Crippen LogP contribution in [-0.4, -0.2) is 317 Å². The summed E-state index contributed by atoms with van der Waals surface area (Å²) in [4.78, 5) is 64.5. The predicted molar refractivity (Wildman–Crippen MR) is 540 cm³/mol. The summed E-state index contributed by atoms with van der Waals surface area (Å²) in [6.45, 7) is 53.6. The van der Waals surface area contributed by atoms with Gasteiger partial charge in [0.15, 0.2) is 5.78 Å². The largest absolute Gasteiger partial charge is 0.492 e. The van der Waals surface area contributed by atoms with Crippen LogP contribution in [0.2, 0.25) is 0 Å². The van der Waals surface area contributed by atoms with Gasteiger partial charge in [-0.3, -0.25) is 19.9 Å². The van der Waals surface area contributed by atoms with Crippen molar-refractivity contribution in [1.82, 2.24) is 87.9 Å². The molecule has 0 saturated carbocycles. The van der Waals surface area contributed by atoms with E-state index in [2.05, 4.69) is 178 Å². The van der Waals surface area contributed by atoms with Gasteiger partial charge in [-0.25, -0.2) is 14.4 Å². The highest BCUT2D eigenvalue weighted by atomic mass is 32.1. The number of unbranched alkanes of at least 4 members (excludes halogenated alkanes) is 5. The summed E-state index contributed by atoms with van der Waals surface area (Å²) in [5.74, 6) is 1.90. The Morgan fingerprint density at radius 2 is 0.685 bits per heavy atom. The lowest BCUT2D eigenvalue weighted by Gasteiger charge is -2.28. The van der Waals surface area contributed by atoms with Crippen LogP contribution in [0.3, 0.4) is 0 Å². The van der Waals surface area contributed by atoms with E-state index in [0.29, 0.717) is 38.3 Å². The van der Waals surface area contributed by atoms with Gasteiger partial charge in [-0.1, -0.05) is 115 Å². The molecule has 0 unspecified atom stereocenters. The van der Waals surface area contributed by atoms with Gasteiger partial charge < -0.3 is 96.5 Å². The molecule has 0 saturated heterocycles. The van der Waals surface area contributed by atoms with Gasteiger partial charge in [0.2, 0.25) is 0 Å². The molecule has 127 heavy (non-hydrogen) atoms. The Bertz CT molecular complexity index is 2960. The molecular formula is C100H191N17O9S. The number of carbonyl (C=O) groups is 4. The zero-order valence-corrected chi connectivity index (χ0v) is 84.8. The van der Waals surface area contributed by atoms with Crippen molar-refractivity contribution in [2.24, 2.45) is 5.41 Å². The lowest BCUT2D eigenvalue weighted by Crippen LogP contribution is -2.47. The van der Waals surface area contributed by atoms with Crippen LogP contribution in [-0.2, 0) is 38.5 Å². The highest BCUT2D eigenvalue weighted by molar-refractivity contribution is 7.59. The molecule has 26 nitrogen and oxygen atoms in total. The molecule has 3 amide bonds. The maximum Gasteiger partial charge on any atom is 0.411 e. The lowest BCUT2D eigenvalue weighted by atomic mass is 9.84. The van der Waals surface area contributed by atoms with E-state index in [1.165, 1.54) is 153 Å². The fourth-order valence-corrected chi connectivity index (χ4v) is 14.6. The Kier molecular flexibility index (Phi) is 76.4. The third-order valence-corrected chi connectivity index (χ3v) is 21.5. The normalized spacial score (nSPS) is 11.9. The number of nitrogens with one attached hydrogen (secondary N) is 11. The maximum absolute atomic E-state index is 12.7. The third-order valence-electron chi connectivity index (χ3n) is 21.5. The first-order valence-electron chi connectivity index (χ1n) is 48.7. The van der Waals surface area contributed by atoms with Crippen LogP contribution in [0.25, 0.3) is 0 Å². The number of amides is 3. The van der Waals surface area contributed by atoms with Gasteiger partial charge in [0.1, 0.15) is 42.5 Å². The van der Waals surface area contributed by atoms with Gasteiger partial charge in [-0.2, -0.15) is 13.5 Å². The van der Waals surface area contributed by atoms with Gasteiger partial charge in [0, 0.05) is 30.7 Å². The number of ketones is 1. The molecule has 1 atom stereocenters. The SMILES string of the molecule is C=C(CCCCC[C@H](NC(=O)OC(C)(C)C)C(=O)C(C)(C)C)NC(=O)OC(C)(C)C.CCCCCc1ccc(OCCN(CCCN(CCCNC)CCCNC)CCCN(CCCNC)CCCNC)cc1.CNCCCN(CCCNC)CCCN(CCCN(CCCNC)CCCNC)CCOc1ccc(CCCCNC(=O)OCc2ccccc2)cc1.S. The number of carbonyl (C=O) groups excluding carboxylic acids is 4. The summed E-state index contributed by atoms with van der Waals surface area (Å²) in [6, 6.07) is 26.5. The first-order valence-corrected chi connectivity index (χ1v) is 48.7. The molecule has 0 radical (unpaired) electrons. The Morgan fingerprint density at radius 1 is 0.354 bits per heavy atom. The maximum atomic E-state index is 12.7. The summed E-state index contributed by atoms with van der Waals surface area (Å²) in [7, 11) is 16.4. The second-order valence-electron chi connectivity index (χ2n) is 36.7. The smallest absolute Gasteiger partial charge is 0.411 e. The molecule has 0 aliphatic carbocycles. The Morgan fingerprint density at radius 3 is 1.02 bits per heavy atom. The van der Waals surface area contributed by atoms with E-state index in [0.717, 1.165) is 193 Å². The van der Waals surface area contributed by atoms with Crippen LogP contribution in [0.15, 0.2) is 91.1 Å². The van der Waals surface area contributed by atoms with Crippen LogP contribution in [0.1, 0.15) is 227 Å². The van der Waals surface area contributed by atoms with E-state index < -0.39 is 34.8 Å². The summed E-state index contributed by atoms with van der Waals surface area (Å²) in [6.07, 6.45) is 24.3. The summed E-state index contributed by atoms with van der Waals surface area (Å²) < 4.78 is 28.3. The number of hydrogen-bond acceptors (Lipinski definition) is 23. The number of rotatable bonds is 76. The number of ether oxygens (including phenoxy) is 5. The molecule has 0 aromatic heterocycles. The molecule has 3 rings (SSSR count). The minimum Gasteiger partial charge on any atom is -0.492 e. The first kappa shape index (κ1) is 121. The highest BCUT2D eigenvalue weighted by Gasteiger charge is 2.32. The van der Waals surface area contributed by atoms with Crippen molar-refractivity contribution in [3.05, 3.63) is 108 Å². The van der Waals surface area contributed by atoms with E-state index in [-0.39, 0.29) is 25.4 Å². The summed E-state index contributed by atoms with van der Waals surface area (Å²) in [5.41, 5.74) is 2.55. The molecule has 0 bridgehead atoms. The van der Waals surface area contributed by atoms with Crippen molar-refractivity contribution >= 4 is 37.6 Å². The molecule has 11 N–H and O–H groups in total. The van der Waals surface area contributed by atoms with Crippen LogP contribution in [0.5, 0.6) is 11.5 Å². The predicted octanol–water partition coefficient (Wildman–Crippen LogP) is 14.0. The number of hydrogen-bond donors (Lipinski definition) is 11. The Balaban J connectivity index is 0.00000194. The number of allylic oxidation sites excluding steroid dienone is 1. The van der Waals surface area contributed by atoms with Gasteiger partial charge in [-0.05, 0) is 424 Å². The fraction of sp³-hybridized carbons (Fsp3) is 0.760. The van der Waals surface area contributed by atoms with Crippen molar-refractivity contribution in [2.75, 3.05) is 246 Å². The van der Waals surface area contributed by atoms with Crippen molar-refractivity contribution in [3.8, 4) is 11.5 Å². The monoisotopic (exact) mass is 1810 g/mol. The minimum absolute atomic E-state index is 0. The topological polar surface area (TPSA) is 266 Å². The molecule has 3 aromatic rings. The van der Waals surface area contributed by atoms with Gasteiger partial charge >= 0.3 is 18.3 Å². The van der Waals surface area contributed by atoms with Crippen LogP contribution in [0, 0.1) is 5.41 Å². The molecule has 0 fully saturated rings. The van der Waals surface area contributed by atoms with E-state index in [1.54, 1.807) is 41.5 Å². The van der Waals surface area contributed by atoms with Crippen molar-refractivity contribution in [2.45, 2.75) is 247 Å². The average Bonchev–Trinajstić information content (AvgIpc) is 0.855. The highest BCUT2D eigenvalue weighted by Crippen LogP contribution is 2.23. The minimum atomic E-state index is -0.624. The second-order valence-corrected chi connectivity index (χ2v) is 36.7. The van der Waals surface area contributed by atoms with Gasteiger partial charge in [0.25, 0.3) is 0 Å².